The predicted octanol–water partition coefficient (Wildman–Crippen LogP) is 12.4. The molecule has 0 saturated carbocycles. The fourth-order valence-electron chi connectivity index (χ4n) is 7.32. The molecule has 0 aliphatic heterocycles. The lowest BCUT2D eigenvalue weighted by atomic mass is 9.85. The normalized spacial score (nSPS) is 11.4. The molecule has 0 fully saturated rings. The van der Waals surface area contributed by atoms with E-state index < -0.39 is 0 Å². The standard InChI is InChI=1S/C45H29N3O2/c49-48(50)35-24-22-34(23-25-35)47(36-26-27-43-32(29-36)11-8-28-46-43)33-20-18-31(19-21-33)44-39-13-3-5-15-41(39)45(42-16-6-4-14-40(42)44)38-17-7-10-30-9-1-2-12-37(30)38/h1-29H. The number of nitrogens with zero attached hydrogens (tertiary/aromatic N) is 3. The van der Waals surface area contributed by atoms with Gasteiger partial charge < -0.3 is 4.90 Å². The van der Waals surface area contributed by atoms with Crippen LogP contribution >= 0.6 is 0 Å². The molecule has 5 nitrogen and oxygen atoms in total. The zero-order valence-corrected chi connectivity index (χ0v) is 26.9. The lowest BCUT2D eigenvalue weighted by molar-refractivity contribution is -0.384. The molecule has 236 valence electrons. The first-order chi connectivity index (χ1) is 24.6. The summed E-state index contributed by atoms with van der Waals surface area (Å²) < 4.78 is 0. The van der Waals surface area contributed by atoms with Crippen LogP contribution in [0.4, 0.5) is 22.7 Å². The Hall–Kier alpha value is -6.85. The number of benzene rings is 8. The monoisotopic (exact) mass is 643 g/mol. The topological polar surface area (TPSA) is 59.3 Å². The van der Waals surface area contributed by atoms with Crippen LogP contribution in [-0.4, -0.2) is 9.91 Å². The second-order valence-electron chi connectivity index (χ2n) is 12.4. The van der Waals surface area contributed by atoms with Crippen molar-refractivity contribution in [3.05, 3.63) is 186 Å². The Balaban J connectivity index is 1.23. The number of nitro groups is 1. The van der Waals surface area contributed by atoms with Crippen molar-refractivity contribution < 1.29 is 4.92 Å². The lowest BCUT2D eigenvalue weighted by Gasteiger charge is -2.26. The Labute approximate surface area is 288 Å². The van der Waals surface area contributed by atoms with E-state index in [0.29, 0.717) is 0 Å². The molecule has 1 aromatic heterocycles. The van der Waals surface area contributed by atoms with E-state index in [2.05, 4.69) is 131 Å². The number of aromatic nitrogens is 1. The summed E-state index contributed by atoms with van der Waals surface area (Å²) in [5.41, 5.74) is 8.40. The van der Waals surface area contributed by atoms with Gasteiger partial charge in [0.25, 0.3) is 5.69 Å². The number of rotatable bonds is 6. The average Bonchev–Trinajstić information content (AvgIpc) is 3.17. The van der Waals surface area contributed by atoms with Crippen LogP contribution in [-0.2, 0) is 0 Å². The van der Waals surface area contributed by atoms with Crippen molar-refractivity contribution in [1.29, 1.82) is 0 Å². The molecule has 1 heterocycles. The van der Waals surface area contributed by atoms with Gasteiger partial charge >= 0.3 is 0 Å². The zero-order valence-electron chi connectivity index (χ0n) is 26.9. The summed E-state index contributed by atoms with van der Waals surface area (Å²) in [6, 6.07) is 58.0. The third-order valence-corrected chi connectivity index (χ3v) is 9.57. The first-order valence-electron chi connectivity index (χ1n) is 16.6. The van der Waals surface area contributed by atoms with Crippen LogP contribution in [0.25, 0.3) is 65.5 Å². The molecule has 50 heavy (non-hydrogen) atoms. The van der Waals surface area contributed by atoms with Gasteiger partial charge in [0.2, 0.25) is 0 Å². The second-order valence-corrected chi connectivity index (χ2v) is 12.4. The maximum atomic E-state index is 11.5. The third-order valence-electron chi connectivity index (χ3n) is 9.57. The lowest BCUT2D eigenvalue weighted by Crippen LogP contribution is -2.10. The fourth-order valence-corrected chi connectivity index (χ4v) is 7.32. The van der Waals surface area contributed by atoms with Gasteiger partial charge in [-0.05, 0) is 103 Å². The van der Waals surface area contributed by atoms with Gasteiger partial charge in [0.05, 0.1) is 10.4 Å². The predicted molar refractivity (Wildman–Crippen MR) is 206 cm³/mol. The highest BCUT2D eigenvalue weighted by Gasteiger charge is 2.19. The van der Waals surface area contributed by atoms with Crippen molar-refractivity contribution in [1.82, 2.24) is 4.98 Å². The number of fused-ring (bicyclic) bond motifs is 4. The molecule has 0 radical (unpaired) electrons. The van der Waals surface area contributed by atoms with Crippen molar-refractivity contribution in [2.75, 3.05) is 4.90 Å². The number of hydrogen-bond donors (Lipinski definition) is 0. The summed E-state index contributed by atoms with van der Waals surface area (Å²) in [5.74, 6) is 0. The van der Waals surface area contributed by atoms with Crippen molar-refractivity contribution in [2.45, 2.75) is 0 Å². The van der Waals surface area contributed by atoms with Crippen molar-refractivity contribution in [3.8, 4) is 22.3 Å². The first kappa shape index (κ1) is 29.3. The molecule has 0 saturated heterocycles. The highest BCUT2D eigenvalue weighted by molar-refractivity contribution is 6.23. The highest BCUT2D eigenvalue weighted by Crippen LogP contribution is 2.46. The molecule has 0 bridgehead atoms. The Morgan fingerprint density at radius 1 is 0.480 bits per heavy atom. The molecule has 0 amide bonds. The number of non-ortho nitro benzene ring substituents is 1. The van der Waals surface area contributed by atoms with Crippen LogP contribution in [0.1, 0.15) is 0 Å². The minimum absolute atomic E-state index is 0.0532. The van der Waals surface area contributed by atoms with Gasteiger partial charge in [-0.25, -0.2) is 0 Å². The fraction of sp³-hybridized carbons (Fsp3) is 0. The molecule has 0 spiro atoms. The van der Waals surface area contributed by atoms with E-state index in [1.165, 1.54) is 49.0 Å². The number of anilines is 3. The minimum atomic E-state index is -0.370. The van der Waals surface area contributed by atoms with Gasteiger partial charge in [-0.2, -0.15) is 0 Å². The van der Waals surface area contributed by atoms with Gasteiger partial charge in [-0.15, -0.1) is 0 Å². The summed E-state index contributed by atoms with van der Waals surface area (Å²) >= 11 is 0. The van der Waals surface area contributed by atoms with E-state index in [1.807, 2.05) is 24.3 Å². The Morgan fingerprint density at radius 2 is 1.02 bits per heavy atom. The average molecular weight is 644 g/mol. The van der Waals surface area contributed by atoms with Crippen LogP contribution in [0.3, 0.4) is 0 Å². The van der Waals surface area contributed by atoms with Gasteiger partial charge in [-0.1, -0.05) is 109 Å². The van der Waals surface area contributed by atoms with Crippen molar-refractivity contribution in [3.63, 3.8) is 0 Å². The molecular formula is C45H29N3O2. The van der Waals surface area contributed by atoms with Crippen LogP contribution in [0.2, 0.25) is 0 Å². The Kier molecular flexibility index (Phi) is 7.03. The molecule has 0 aliphatic rings. The SMILES string of the molecule is O=[N+]([O-])c1ccc(N(c2ccc(-c3c4ccccc4c(-c4cccc5ccccc45)c4ccccc34)cc2)c2ccc3ncccc3c2)cc1. The smallest absolute Gasteiger partial charge is 0.269 e. The molecule has 0 aliphatic carbocycles. The van der Waals surface area contributed by atoms with Gasteiger partial charge in [0.1, 0.15) is 0 Å². The van der Waals surface area contributed by atoms with Crippen LogP contribution in [0, 0.1) is 10.1 Å². The Morgan fingerprint density at radius 3 is 1.68 bits per heavy atom. The van der Waals surface area contributed by atoms with Gasteiger partial charge in [0.15, 0.2) is 0 Å². The van der Waals surface area contributed by atoms with Crippen LogP contribution < -0.4 is 4.90 Å². The van der Waals surface area contributed by atoms with Crippen LogP contribution in [0.5, 0.6) is 0 Å². The van der Waals surface area contributed by atoms with E-state index in [0.717, 1.165) is 33.5 Å². The number of nitro benzene ring substituents is 1. The molecule has 9 rings (SSSR count). The minimum Gasteiger partial charge on any atom is -0.310 e. The third kappa shape index (κ3) is 4.92. The summed E-state index contributed by atoms with van der Waals surface area (Å²) in [5, 5.41) is 19.7. The Bertz CT molecular complexity index is 2680. The molecule has 0 unspecified atom stereocenters. The van der Waals surface area contributed by atoms with Crippen molar-refractivity contribution >= 4 is 66.0 Å². The van der Waals surface area contributed by atoms with E-state index in [1.54, 1.807) is 30.5 Å². The molecular weight excluding hydrogens is 615 g/mol. The molecule has 9 aromatic rings. The quantitative estimate of drug-likeness (QED) is 0.103. The molecule has 0 N–H and O–H groups in total. The van der Waals surface area contributed by atoms with Gasteiger partial charge in [0, 0.05) is 40.8 Å². The van der Waals surface area contributed by atoms with E-state index in [4.69, 9.17) is 0 Å². The molecule has 8 aromatic carbocycles. The maximum Gasteiger partial charge on any atom is 0.269 e. The number of hydrogen-bond acceptors (Lipinski definition) is 4. The highest BCUT2D eigenvalue weighted by atomic mass is 16.6. The summed E-state index contributed by atoms with van der Waals surface area (Å²) in [6.07, 6.45) is 1.79. The molecule has 0 atom stereocenters. The summed E-state index contributed by atoms with van der Waals surface area (Å²) in [6.45, 7) is 0. The number of pyridine rings is 1. The van der Waals surface area contributed by atoms with Gasteiger partial charge in [-0.3, -0.25) is 15.1 Å². The largest absolute Gasteiger partial charge is 0.310 e. The maximum absolute atomic E-state index is 11.5. The second kappa shape index (κ2) is 12.0. The summed E-state index contributed by atoms with van der Waals surface area (Å²) in [4.78, 5) is 17.7. The first-order valence-corrected chi connectivity index (χ1v) is 16.6. The molecule has 5 heteroatoms. The zero-order chi connectivity index (χ0) is 33.6. The van der Waals surface area contributed by atoms with Crippen molar-refractivity contribution in [2.24, 2.45) is 0 Å². The summed E-state index contributed by atoms with van der Waals surface area (Å²) in [7, 11) is 0. The van der Waals surface area contributed by atoms with E-state index in [9.17, 15) is 10.1 Å². The van der Waals surface area contributed by atoms with Crippen LogP contribution in [0.15, 0.2) is 176 Å². The van der Waals surface area contributed by atoms with E-state index in [-0.39, 0.29) is 10.6 Å². The van der Waals surface area contributed by atoms with E-state index >= 15 is 0 Å².